The average Bonchev–Trinajstić information content (AvgIpc) is 2.16. The van der Waals surface area contributed by atoms with Crippen LogP contribution in [0.15, 0.2) is 24.3 Å². The summed E-state index contributed by atoms with van der Waals surface area (Å²) in [7, 11) is 0. The van der Waals surface area contributed by atoms with E-state index < -0.39 is 0 Å². The Labute approximate surface area is 101 Å². The van der Waals surface area contributed by atoms with Crippen LogP contribution in [0.1, 0.15) is 25.8 Å². The van der Waals surface area contributed by atoms with Crippen molar-refractivity contribution < 1.29 is 4.92 Å². The van der Waals surface area contributed by atoms with Crippen molar-refractivity contribution in [1.82, 2.24) is 0 Å². The highest BCUT2D eigenvalue weighted by Crippen LogP contribution is 2.23. The van der Waals surface area contributed by atoms with Crippen molar-refractivity contribution in [3.8, 4) is 0 Å². The first-order chi connectivity index (χ1) is 7.50. The first-order valence-electron chi connectivity index (χ1n) is 5.37. The molecule has 0 saturated heterocycles. The van der Waals surface area contributed by atoms with Gasteiger partial charge in [0, 0.05) is 17.0 Å². The molecule has 1 aromatic carbocycles. The zero-order valence-electron chi connectivity index (χ0n) is 9.52. The molecule has 0 heterocycles. The third-order valence-corrected chi connectivity index (χ3v) is 2.69. The van der Waals surface area contributed by atoms with Crippen LogP contribution in [0.4, 0.5) is 5.69 Å². The first-order valence-corrected chi connectivity index (χ1v) is 5.80. The molecule has 0 fully saturated rings. The van der Waals surface area contributed by atoms with Crippen LogP contribution < -0.4 is 0 Å². The number of hydrogen-bond acceptors (Lipinski definition) is 2. The molecule has 4 heteroatoms. The van der Waals surface area contributed by atoms with Gasteiger partial charge in [-0.2, -0.15) is 0 Å². The summed E-state index contributed by atoms with van der Waals surface area (Å²) in [5, 5.41) is 10.7. The van der Waals surface area contributed by atoms with E-state index in [1.165, 1.54) is 6.07 Å². The van der Waals surface area contributed by atoms with Crippen LogP contribution in [0.5, 0.6) is 0 Å². The molecule has 0 N–H and O–H groups in total. The highest BCUT2D eigenvalue weighted by Gasteiger charge is 2.16. The lowest BCUT2D eigenvalue weighted by atomic mass is 10.0. The van der Waals surface area contributed by atoms with Gasteiger partial charge in [0.15, 0.2) is 0 Å². The van der Waals surface area contributed by atoms with E-state index in [9.17, 15) is 10.1 Å². The van der Waals surface area contributed by atoms with Gasteiger partial charge in [0.2, 0.25) is 0 Å². The summed E-state index contributed by atoms with van der Waals surface area (Å²) in [5.41, 5.74) is 0.880. The predicted molar refractivity (Wildman–Crippen MR) is 65.9 cm³/mol. The van der Waals surface area contributed by atoms with E-state index in [1.807, 2.05) is 0 Å². The molecule has 0 saturated carbocycles. The van der Waals surface area contributed by atoms with Gasteiger partial charge in [-0.3, -0.25) is 10.1 Å². The molecule has 1 unspecified atom stereocenters. The van der Waals surface area contributed by atoms with Crippen molar-refractivity contribution >= 4 is 17.3 Å². The second-order valence-corrected chi connectivity index (χ2v) is 4.93. The van der Waals surface area contributed by atoms with Crippen molar-refractivity contribution in [2.24, 2.45) is 5.92 Å². The zero-order valence-corrected chi connectivity index (χ0v) is 10.3. The fourth-order valence-electron chi connectivity index (χ4n) is 1.70. The van der Waals surface area contributed by atoms with E-state index in [1.54, 1.807) is 18.2 Å². The van der Waals surface area contributed by atoms with Gasteiger partial charge in [0.25, 0.3) is 5.69 Å². The van der Waals surface area contributed by atoms with Crippen LogP contribution in [0.3, 0.4) is 0 Å². The normalized spacial score (nSPS) is 12.8. The van der Waals surface area contributed by atoms with E-state index in [-0.39, 0.29) is 16.0 Å². The van der Waals surface area contributed by atoms with Crippen LogP contribution in [0.25, 0.3) is 0 Å². The predicted octanol–water partition coefficient (Wildman–Crippen LogP) is 3.79. The smallest absolute Gasteiger partial charge is 0.258 e. The maximum atomic E-state index is 10.8. The minimum absolute atomic E-state index is 0.0406. The summed E-state index contributed by atoms with van der Waals surface area (Å²) in [6.45, 7) is 4.18. The van der Waals surface area contributed by atoms with Gasteiger partial charge in [-0.1, -0.05) is 32.0 Å². The molecule has 88 valence electrons. The second kappa shape index (κ2) is 5.85. The largest absolute Gasteiger partial charge is 0.272 e. The minimum Gasteiger partial charge on any atom is -0.258 e. The Bertz CT molecular complexity index is 366. The van der Waals surface area contributed by atoms with Gasteiger partial charge in [0.05, 0.1) is 4.92 Å². The molecule has 0 spiro atoms. The fraction of sp³-hybridized carbons (Fsp3) is 0.500. The molecule has 3 nitrogen and oxygen atoms in total. The van der Waals surface area contributed by atoms with Crippen molar-refractivity contribution in [3.63, 3.8) is 0 Å². The lowest BCUT2D eigenvalue weighted by Crippen LogP contribution is -2.08. The summed E-state index contributed by atoms with van der Waals surface area (Å²) in [5.74, 6) is 0.505. The summed E-state index contributed by atoms with van der Waals surface area (Å²) < 4.78 is 0. The van der Waals surface area contributed by atoms with Crippen LogP contribution in [-0.4, -0.2) is 10.3 Å². The number of nitro benzene ring substituents is 1. The topological polar surface area (TPSA) is 43.1 Å². The lowest BCUT2D eigenvalue weighted by Gasteiger charge is -2.11. The Kier molecular flexibility index (Phi) is 4.74. The standard InChI is InChI=1S/C12H16ClNO2/c1-9(2)7-11(13)8-10-5-3-4-6-12(10)14(15)16/h3-6,9,11H,7-8H2,1-2H3. The van der Waals surface area contributed by atoms with E-state index in [0.29, 0.717) is 17.9 Å². The van der Waals surface area contributed by atoms with Gasteiger partial charge < -0.3 is 0 Å². The van der Waals surface area contributed by atoms with Gasteiger partial charge in [-0.15, -0.1) is 11.6 Å². The molecule has 1 rings (SSSR count). The third-order valence-electron chi connectivity index (χ3n) is 2.36. The van der Waals surface area contributed by atoms with Crippen LogP contribution in [0, 0.1) is 16.0 Å². The van der Waals surface area contributed by atoms with Crippen molar-refractivity contribution in [2.45, 2.75) is 32.1 Å². The lowest BCUT2D eigenvalue weighted by molar-refractivity contribution is -0.385. The van der Waals surface area contributed by atoms with Crippen LogP contribution >= 0.6 is 11.6 Å². The Morgan fingerprint density at radius 3 is 2.56 bits per heavy atom. The van der Waals surface area contributed by atoms with E-state index >= 15 is 0 Å². The van der Waals surface area contributed by atoms with Crippen molar-refractivity contribution in [2.75, 3.05) is 0 Å². The monoisotopic (exact) mass is 241 g/mol. The second-order valence-electron chi connectivity index (χ2n) is 4.32. The number of nitro groups is 1. The van der Waals surface area contributed by atoms with Crippen LogP contribution in [-0.2, 0) is 6.42 Å². The van der Waals surface area contributed by atoms with Gasteiger partial charge in [0.1, 0.15) is 0 Å². The van der Waals surface area contributed by atoms with Gasteiger partial charge in [-0.25, -0.2) is 0 Å². The number of rotatable bonds is 5. The quantitative estimate of drug-likeness (QED) is 0.447. The highest BCUT2D eigenvalue weighted by atomic mass is 35.5. The SMILES string of the molecule is CC(C)CC(Cl)Cc1ccccc1[N+](=O)[O-]. The molecular formula is C12H16ClNO2. The van der Waals surface area contributed by atoms with E-state index in [4.69, 9.17) is 11.6 Å². The Morgan fingerprint density at radius 1 is 1.38 bits per heavy atom. The zero-order chi connectivity index (χ0) is 12.1. The highest BCUT2D eigenvalue weighted by molar-refractivity contribution is 6.20. The average molecular weight is 242 g/mol. The summed E-state index contributed by atoms with van der Waals surface area (Å²) in [6.07, 6.45) is 1.42. The van der Waals surface area contributed by atoms with Crippen molar-refractivity contribution in [3.05, 3.63) is 39.9 Å². The number of para-hydroxylation sites is 1. The molecular weight excluding hydrogens is 226 g/mol. The molecule has 0 radical (unpaired) electrons. The molecule has 0 aliphatic heterocycles. The molecule has 0 aliphatic carbocycles. The maximum absolute atomic E-state index is 10.8. The van der Waals surface area contributed by atoms with E-state index in [0.717, 1.165) is 6.42 Å². The molecule has 0 aliphatic rings. The summed E-state index contributed by atoms with van der Waals surface area (Å²) in [4.78, 5) is 10.4. The number of alkyl halides is 1. The molecule has 1 atom stereocenters. The van der Waals surface area contributed by atoms with Crippen LogP contribution in [0.2, 0.25) is 0 Å². The Hall–Kier alpha value is -1.09. The molecule has 1 aromatic rings. The number of hydrogen-bond donors (Lipinski definition) is 0. The fourth-order valence-corrected chi connectivity index (χ4v) is 2.22. The minimum atomic E-state index is -0.353. The van der Waals surface area contributed by atoms with E-state index in [2.05, 4.69) is 13.8 Å². The summed E-state index contributed by atoms with van der Waals surface area (Å²) in [6, 6.07) is 6.77. The maximum Gasteiger partial charge on any atom is 0.272 e. The van der Waals surface area contributed by atoms with Crippen molar-refractivity contribution in [1.29, 1.82) is 0 Å². The Morgan fingerprint density at radius 2 is 2.00 bits per heavy atom. The van der Waals surface area contributed by atoms with Gasteiger partial charge >= 0.3 is 0 Å². The third kappa shape index (κ3) is 3.81. The number of halogens is 1. The first kappa shape index (κ1) is 13.0. The van der Waals surface area contributed by atoms with Gasteiger partial charge in [-0.05, 0) is 18.8 Å². The molecule has 16 heavy (non-hydrogen) atoms. The summed E-state index contributed by atoms with van der Waals surface area (Å²) >= 11 is 6.16. The molecule has 0 bridgehead atoms. The molecule has 0 aromatic heterocycles. The number of nitrogens with zero attached hydrogens (tertiary/aromatic N) is 1. The Balaban J connectivity index is 2.76. The molecule has 0 amide bonds. The number of benzene rings is 1.